The highest BCUT2D eigenvalue weighted by Gasteiger charge is 2.45. The van der Waals surface area contributed by atoms with Crippen LogP contribution in [0, 0.1) is 11.2 Å². The van der Waals surface area contributed by atoms with Crippen molar-refractivity contribution in [2.45, 2.75) is 38.5 Å². The molecule has 0 radical (unpaired) electrons. The van der Waals surface area contributed by atoms with Crippen molar-refractivity contribution in [1.29, 1.82) is 0 Å². The second-order valence-electron chi connectivity index (χ2n) is 5.89. The Kier molecular flexibility index (Phi) is 3.00. The van der Waals surface area contributed by atoms with Crippen molar-refractivity contribution in [3.63, 3.8) is 0 Å². The van der Waals surface area contributed by atoms with Crippen molar-refractivity contribution in [3.8, 4) is 0 Å². The lowest BCUT2D eigenvalue weighted by Crippen LogP contribution is -2.47. The SMILES string of the molecule is Nc1ccc(N2C(=O)CC3(CCCC3)CC2=O)c(F)c1. The van der Waals surface area contributed by atoms with Gasteiger partial charge in [0.2, 0.25) is 11.8 Å². The molecule has 1 aliphatic carbocycles. The van der Waals surface area contributed by atoms with Gasteiger partial charge in [0.15, 0.2) is 0 Å². The number of nitrogens with two attached hydrogens (primary N) is 1. The van der Waals surface area contributed by atoms with Gasteiger partial charge in [0, 0.05) is 18.5 Å². The van der Waals surface area contributed by atoms with E-state index in [4.69, 9.17) is 5.73 Å². The van der Waals surface area contributed by atoms with Crippen LogP contribution < -0.4 is 10.6 Å². The summed E-state index contributed by atoms with van der Waals surface area (Å²) in [6, 6.07) is 4.03. The molecule has 1 saturated heterocycles. The quantitative estimate of drug-likeness (QED) is 0.633. The third-order valence-corrected chi connectivity index (χ3v) is 4.43. The standard InChI is InChI=1S/C15H17FN2O2/c16-11-7-10(17)3-4-12(11)18-13(19)8-15(9-14(18)20)5-1-2-6-15/h3-4,7H,1-2,5-6,8-9,17H2. The number of anilines is 2. The average molecular weight is 276 g/mol. The van der Waals surface area contributed by atoms with E-state index in [0.29, 0.717) is 12.8 Å². The predicted molar refractivity (Wildman–Crippen MR) is 73.4 cm³/mol. The summed E-state index contributed by atoms with van der Waals surface area (Å²) in [6.07, 6.45) is 4.64. The van der Waals surface area contributed by atoms with Crippen molar-refractivity contribution in [1.82, 2.24) is 0 Å². The number of nitrogen functional groups attached to an aromatic ring is 1. The number of carbonyl (C=O) groups excluding carboxylic acids is 2. The van der Waals surface area contributed by atoms with Crippen molar-refractivity contribution in [2.24, 2.45) is 5.41 Å². The molecule has 0 unspecified atom stereocenters. The molecule has 0 atom stereocenters. The summed E-state index contributed by atoms with van der Waals surface area (Å²) in [5.41, 5.74) is 5.61. The van der Waals surface area contributed by atoms with E-state index >= 15 is 0 Å². The van der Waals surface area contributed by atoms with Crippen molar-refractivity contribution in [3.05, 3.63) is 24.0 Å². The Balaban J connectivity index is 1.91. The van der Waals surface area contributed by atoms with Gasteiger partial charge >= 0.3 is 0 Å². The zero-order valence-corrected chi connectivity index (χ0v) is 11.2. The van der Waals surface area contributed by atoms with E-state index in [1.165, 1.54) is 12.1 Å². The number of carbonyl (C=O) groups is 2. The largest absolute Gasteiger partial charge is 0.399 e. The van der Waals surface area contributed by atoms with Gasteiger partial charge in [-0.1, -0.05) is 12.8 Å². The van der Waals surface area contributed by atoms with Gasteiger partial charge in [-0.3, -0.25) is 9.59 Å². The highest BCUT2D eigenvalue weighted by molar-refractivity contribution is 6.17. The van der Waals surface area contributed by atoms with E-state index in [-0.39, 0.29) is 28.6 Å². The van der Waals surface area contributed by atoms with Gasteiger partial charge in [0.1, 0.15) is 5.82 Å². The number of nitrogens with zero attached hydrogens (tertiary/aromatic N) is 1. The number of rotatable bonds is 1. The lowest BCUT2D eigenvalue weighted by molar-refractivity contribution is -0.133. The molecule has 2 N–H and O–H groups in total. The van der Waals surface area contributed by atoms with Crippen LogP contribution in [-0.2, 0) is 9.59 Å². The van der Waals surface area contributed by atoms with Crippen LogP contribution in [0.3, 0.4) is 0 Å². The van der Waals surface area contributed by atoms with E-state index in [2.05, 4.69) is 0 Å². The first-order valence-corrected chi connectivity index (χ1v) is 6.92. The van der Waals surface area contributed by atoms with Crippen LogP contribution in [0.25, 0.3) is 0 Å². The zero-order chi connectivity index (χ0) is 14.3. The van der Waals surface area contributed by atoms with E-state index in [1.54, 1.807) is 0 Å². The molecule has 0 bridgehead atoms. The highest BCUT2D eigenvalue weighted by atomic mass is 19.1. The molecular formula is C15H17FN2O2. The van der Waals surface area contributed by atoms with Gasteiger partial charge in [0.05, 0.1) is 5.69 Å². The third kappa shape index (κ3) is 2.07. The maximum absolute atomic E-state index is 13.9. The fraction of sp³-hybridized carbons (Fsp3) is 0.467. The molecular weight excluding hydrogens is 259 g/mol. The summed E-state index contributed by atoms with van der Waals surface area (Å²) in [5, 5.41) is 0. The number of imide groups is 1. The maximum atomic E-state index is 13.9. The van der Waals surface area contributed by atoms with E-state index < -0.39 is 5.82 Å². The summed E-state index contributed by atoms with van der Waals surface area (Å²) < 4.78 is 13.9. The van der Waals surface area contributed by atoms with Crippen LogP contribution in [0.5, 0.6) is 0 Å². The summed E-state index contributed by atoms with van der Waals surface area (Å²) >= 11 is 0. The first-order chi connectivity index (χ1) is 9.51. The number of hydrogen-bond donors (Lipinski definition) is 1. The predicted octanol–water partition coefficient (Wildman–Crippen LogP) is 2.62. The van der Waals surface area contributed by atoms with Gasteiger partial charge in [-0.15, -0.1) is 0 Å². The Morgan fingerprint density at radius 3 is 2.25 bits per heavy atom. The summed E-state index contributed by atoms with van der Waals surface area (Å²) in [6.45, 7) is 0. The van der Waals surface area contributed by atoms with E-state index in [1.807, 2.05) is 0 Å². The average Bonchev–Trinajstić information content (AvgIpc) is 2.79. The van der Waals surface area contributed by atoms with E-state index in [9.17, 15) is 14.0 Å². The highest BCUT2D eigenvalue weighted by Crippen LogP contribution is 2.47. The topological polar surface area (TPSA) is 63.4 Å². The first kappa shape index (κ1) is 13.1. The lowest BCUT2D eigenvalue weighted by atomic mass is 9.76. The third-order valence-electron chi connectivity index (χ3n) is 4.43. The molecule has 0 aromatic heterocycles. The number of benzene rings is 1. The van der Waals surface area contributed by atoms with Gasteiger partial charge < -0.3 is 5.73 Å². The van der Waals surface area contributed by atoms with Crippen LogP contribution in [0.1, 0.15) is 38.5 Å². The molecule has 20 heavy (non-hydrogen) atoms. The van der Waals surface area contributed by atoms with Crippen LogP contribution in [0.2, 0.25) is 0 Å². The number of piperidine rings is 1. The molecule has 4 nitrogen and oxygen atoms in total. The molecule has 1 saturated carbocycles. The number of halogens is 1. The Morgan fingerprint density at radius 2 is 1.70 bits per heavy atom. The molecule has 1 aromatic carbocycles. The molecule has 2 fully saturated rings. The van der Waals surface area contributed by atoms with Gasteiger partial charge in [-0.2, -0.15) is 0 Å². The van der Waals surface area contributed by atoms with Crippen LogP contribution >= 0.6 is 0 Å². The second kappa shape index (κ2) is 4.58. The van der Waals surface area contributed by atoms with Gasteiger partial charge in [-0.25, -0.2) is 9.29 Å². The Labute approximate surface area is 116 Å². The van der Waals surface area contributed by atoms with Crippen molar-refractivity contribution < 1.29 is 14.0 Å². The molecule has 1 aromatic rings. The minimum atomic E-state index is -0.630. The second-order valence-corrected chi connectivity index (χ2v) is 5.89. The Morgan fingerprint density at radius 1 is 1.10 bits per heavy atom. The van der Waals surface area contributed by atoms with Gasteiger partial charge in [0.25, 0.3) is 0 Å². The Hall–Kier alpha value is -1.91. The van der Waals surface area contributed by atoms with Gasteiger partial charge in [-0.05, 0) is 36.5 Å². The molecule has 1 heterocycles. The van der Waals surface area contributed by atoms with Crippen molar-refractivity contribution >= 4 is 23.2 Å². The van der Waals surface area contributed by atoms with Crippen LogP contribution in [0.15, 0.2) is 18.2 Å². The molecule has 1 aliphatic heterocycles. The summed E-state index contributed by atoms with van der Waals surface area (Å²) in [4.78, 5) is 25.6. The smallest absolute Gasteiger partial charge is 0.234 e. The zero-order valence-electron chi connectivity index (χ0n) is 11.2. The van der Waals surface area contributed by atoms with Crippen LogP contribution in [0.4, 0.5) is 15.8 Å². The first-order valence-electron chi connectivity index (χ1n) is 6.92. The number of hydrogen-bond acceptors (Lipinski definition) is 3. The molecule has 2 amide bonds. The van der Waals surface area contributed by atoms with E-state index in [0.717, 1.165) is 36.6 Å². The minimum absolute atomic E-state index is 0.0158. The van der Waals surface area contributed by atoms with Crippen molar-refractivity contribution in [2.75, 3.05) is 10.6 Å². The fourth-order valence-electron chi connectivity index (χ4n) is 3.45. The monoisotopic (exact) mass is 276 g/mol. The lowest BCUT2D eigenvalue weighted by Gasteiger charge is -2.37. The molecule has 3 rings (SSSR count). The fourth-order valence-corrected chi connectivity index (χ4v) is 3.45. The maximum Gasteiger partial charge on any atom is 0.234 e. The normalized spacial score (nSPS) is 21.8. The summed E-state index contributed by atoms with van der Waals surface area (Å²) in [5.74, 6) is -1.23. The molecule has 1 spiro atoms. The molecule has 5 heteroatoms. The minimum Gasteiger partial charge on any atom is -0.399 e. The molecule has 106 valence electrons. The molecule has 2 aliphatic rings. The summed E-state index contributed by atoms with van der Waals surface area (Å²) in [7, 11) is 0. The van der Waals surface area contributed by atoms with Crippen LogP contribution in [-0.4, -0.2) is 11.8 Å². The Bertz CT molecular complexity index is 559. The number of amides is 2.